The van der Waals surface area contributed by atoms with Crippen LogP contribution in [0.15, 0.2) is 63.4 Å². The van der Waals surface area contributed by atoms with Crippen LogP contribution in [0.2, 0.25) is 0 Å². The number of anilines is 1. The van der Waals surface area contributed by atoms with E-state index in [1.165, 1.54) is 5.01 Å². The normalized spacial score (nSPS) is 19.1. The molecule has 0 radical (unpaired) electrons. The van der Waals surface area contributed by atoms with Crippen molar-refractivity contribution in [2.24, 2.45) is 10.3 Å². The Kier molecular flexibility index (Phi) is 5.89. The molecule has 3 heterocycles. The summed E-state index contributed by atoms with van der Waals surface area (Å²) in [4.78, 5) is 31.6. The van der Waals surface area contributed by atoms with Crippen molar-refractivity contribution < 1.29 is 23.6 Å². The van der Waals surface area contributed by atoms with Crippen LogP contribution < -0.4 is 14.4 Å². The molecule has 0 bridgehead atoms. The number of benzene rings is 2. The van der Waals surface area contributed by atoms with Gasteiger partial charge >= 0.3 is 0 Å². The van der Waals surface area contributed by atoms with Crippen LogP contribution in [0.1, 0.15) is 26.7 Å². The number of carbonyl (C=O) groups excluding carboxylic acids is 2. The molecule has 5 rings (SSSR count). The summed E-state index contributed by atoms with van der Waals surface area (Å²) in [5.41, 5.74) is 1.21. The highest BCUT2D eigenvalue weighted by atomic mass is 16.5. The maximum Gasteiger partial charge on any atom is 0.263 e. The van der Waals surface area contributed by atoms with E-state index < -0.39 is 23.9 Å². The number of carbonyl (C=O) groups is 2. The van der Waals surface area contributed by atoms with E-state index in [9.17, 15) is 9.59 Å². The second-order valence-electron chi connectivity index (χ2n) is 8.33. The highest BCUT2D eigenvalue weighted by molar-refractivity contribution is 6.25. The molecule has 0 saturated carbocycles. The van der Waals surface area contributed by atoms with E-state index in [1.54, 1.807) is 24.3 Å². The molecular weight excluding hydrogens is 452 g/mol. The average Bonchev–Trinajstić information content (AvgIpc) is 3.53. The Labute approximate surface area is 201 Å². The third-order valence-electron chi connectivity index (χ3n) is 5.51. The van der Waals surface area contributed by atoms with Gasteiger partial charge in [-0.3, -0.25) is 14.6 Å². The Balaban J connectivity index is 1.29. The lowest BCUT2D eigenvalue weighted by molar-refractivity contribution is -0.123. The lowest BCUT2D eigenvalue weighted by Gasteiger charge is -2.19. The summed E-state index contributed by atoms with van der Waals surface area (Å²) in [6, 6.07) is 12.4. The molecule has 180 valence electrons. The molecule has 3 aromatic rings. The molecule has 11 nitrogen and oxygen atoms in total. The second kappa shape index (κ2) is 9.16. The molecular formula is C24H24N6O5. The number of nitrogens with zero attached hydrogens (tertiary/aromatic N) is 6. The Morgan fingerprint density at radius 3 is 2.40 bits per heavy atom. The number of fused-ring (bicyclic) bond motifs is 1. The summed E-state index contributed by atoms with van der Waals surface area (Å²) >= 11 is 0. The van der Waals surface area contributed by atoms with E-state index in [4.69, 9.17) is 14.0 Å². The van der Waals surface area contributed by atoms with E-state index in [0.717, 1.165) is 16.2 Å². The van der Waals surface area contributed by atoms with E-state index in [0.29, 0.717) is 23.9 Å². The van der Waals surface area contributed by atoms with Crippen molar-refractivity contribution in [1.82, 2.24) is 15.1 Å². The van der Waals surface area contributed by atoms with Gasteiger partial charge in [0.15, 0.2) is 12.1 Å². The van der Waals surface area contributed by atoms with E-state index >= 15 is 0 Å². The number of rotatable bonds is 8. The molecule has 0 aliphatic carbocycles. The zero-order valence-electron chi connectivity index (χ0n) is 19.5. The third kappa shape index (κ3) is 4.32. The molecule has 2 aromatic carbocycles. The highest BCUT2D eigenvalue weighted by Gasteiger charge is 2.55. The van der Waals surface area contributed by atoms with Gasteiger partial charge in [-0.1, -0.05) is 10.4 Å². The van der Waals surface area contributed by atoms with Crippen molar-refractivity contribution in [3.8, 4) is 22.9 Å². The van der Waals surface area contributed by atoms with Crippen LogP contribution in [0.3, 0.4) is 0 Å². The molecule has 0 unspecified atom stereocenters. The molecule has 2 aliphatic heterocycles. The predicted octanol–water partition coefficient (Wildman–Crippen LogP) is 3.42. The number of ether oxygens (including phenoxy) is 2. The molecule has 1 fully saturated rings. The summed E-state index contributed by atoms with van der Waals surface area (Å²) in [6.45, 7) is 6.37. The smallest absolute Gasteiger partial charge is 0.263 e. The molecule has 35 heavy (non-hydrogen) atoms. The Bertz CT molecular complexity index is 1250. The SMILES string of the molecule is CCOc1ccc(N2C(=O)[C@H]3N=NN(Cc4nc(-c5ccc(OC(C)C)cc5)no4)[C@@H]3C2=O)cc1. The first-order valence-electron chi connectivity index (χ1n) is 11.3. The van der Waals surface area contributed by atoms with Gasteiger partial charge in [0.2, 0.25) is 11.7 Å². The number of hydrogen-bond acceptors (Lipinski definition) is 10. The number of imide groups is 1. The summed E-state index contributed by atoms with van der Waals surface area (Å²) in [7, 11) is 0. The quantitative estimate of drug-likeness (QED) is 0.453. The molecule has 1 aromatic heterocycles. The van der Waals surface area contributed by atoms with Gasteiger partial charge in [0.1, 0.15) is 18.0 Å². The summed E-state index contributed by atoms with van der Waals surface area (Å²) in [5.74, 6) is 1.22. The van der Waals surface area contributed by atoms with Gasteiger partial charge in [-0.15, -0.1) is 0 Å². The van der Waals surface area contributed by atoms with Crippen molar-refractivity contribution in [2.45, 2.75) is 45.5 Å². The van der Waals surface area contributed by atoms with Crippen LogP contribution in [0.5, 0.6) is 11.5 Å². The molecule has 0 spiro atoms. The first-order valence-corrected chi connectivity index (χ1v) is 11.3. The summed E-state index contributed by atoms with van der Waals surface area (Å²) < 4.78 is 16.5. The van der Waals surface area contributed by atoms with Crippen molar-refractivity contribution in [3.63, 3.8) is 0 Å². The highest BCUT2D eigenvalue weighted by Crippen LogP contribution is 2.33. The van der Waals surface area contributed by atoms with Crippen molar-refractivity contribution in [1.29, 1.82) is 0 Å². The fraction of sp³-hybridized carbons (Fsp3) is 0.333. The standard InChI is InChI=1S/C24H24N6O5/c1-4-33-17-11-7-16(8-12-17)30-23(31)20-21(24(30)32)29(28-26-20)13-19-25-22(27-35-19)15-5-9-18(10-6-15)34-14(2)3/h5-12,14,20-21H,4,13H2,1-3H3/t20-,21-/m0/s1. The summed E-state index contributed by atoms with van der Waals surface area (Å²) in [5, 5.41) is 13.5. The molecule has 1 saturated heterocycles. The first kappa shape index (κ1) is 22.5. The topological polar surface area (TPSA) is 123 Å². The van der Waals surface area contributed by atoms with Crippen LogP contribution >= 0.6 is 0 Å². The Morgan fingerprint density at radius 1 is 1.00 bits per heavy atom. The minimum atomic E-state index is -0.912. The predicted molar refractivity (Wildman–Crippen MR) is 124 cm³/mol. The fourth-order valence-electron chi connectivity index (χ4n) is 4.00. The third-order valence-corrected chi connectivity index (χ3v) is 5.51. The van der Waals surface area contributed by atoms with E-state index in [-0.39, 0.29) is 18.5 Å². The zero-order chi connectivity index (χ0) is 24.5. The lowest BCUT2D eigenvalue weighted by atomic mass is 10.1. The van der Waals surface area contributed by atoms with E-state index in [1.807, 2.05) is 45.0 Å². The van der Waals surface area contributed by atoms with Gasteiger partial charge in [0, 0.05) is 5.56 Å². The molecule has 11 heteroatoms. The second-order valence-corrected chi connectivity index (χ2v) is 8.33. The van der Waals surface area contributed by atoms with Crippen molar-refractivity contribution >= 4 is 17.5 Å². The Morgan fingerprint density at radius 2 is 1.71 bits per heavy atom. The van der Waals surface area contributed by atoms with Crippen molar-refractivity contribution in [2.75, 3.05) is 11.5 Å². The maximum absolute atomic E-state index is 13.2. The van der Waals surface area contributed by atoms with Crippen LogP contribution in [-0.4, -0.2) is 51.8 Å². The first-order chi connectivity index (χ1) is 16.9. The molecule has 2 amide bonds. The number of aromatic nitrogens is 2. The van der Waals surface area contributed by atoms with Crippen LogP contribution in [0.4, 0.5) is 5.69 Å². The average molecular weight is 476 g/mol. The van der Waals surface area contributed by atoms with Gasteiger partial charge in [-0.2, -0.15) is 10.1 Å². The van der Waals surface area contributed by atoms with Crippen LogP contribution in [-0.2, 0) is 16.1 Å². The molecule has 2 aliphatic rings. The van der Waals surface area contributed by atoms with E-state index in [2.05, 4.69) is 20.5 Å². The molecule has 0 N–H and O–H groups in total. The fourth-order valence-corrected chi connectivity index (χ4v) is 4.00. The van der Waals surface area contributed by atoms with Gasteiger partial charge in [-0.05, 0) is 69.3 Å². The minimum Gasteiger partial charge on any atom is -0.494 e. The zero-order valence-corrected chi connectivity index (χ0v) is 19.5. The van der Waals surface area contributed by atoms with Crippen molar-refractivity contribution in [3.05, 3.63) is 54.4 Å². The Hall–Kier alpha value is -4.28. The maximum atomic E-state index is 13.2. The van der Waals surface area contributed by atoms with Gasteiger partial charge < -0.3 is 14.0 Å². The lowest BCUT2D eigenvalue weighted by Crippen LogP contribution is -2.39. The minimum absolute atomic E-state index is 0.0440. The van der Waals surface area contributed by atoms with Gasteiger partial charge in [0.25, 0.3) is 11.8 Å². The monoisotopic (exact) mass is 476 g/mol. The van der Waals surface area contributed by atoms with Gasteiger partial charge in [0.05, 0.1) is 18.4 Å². The van der Waals surface area contributed by atoms with Gasteiger partial charge in [-0.25, -0.2) is 4.90 Å². The van der Waals surface area contributed by atoms with Crippen LogP contribution in [0, 0.1) is 0 Å². The molecule has 2 atom stereocenters. The largest absolute Gasteiger partial charge is 0.494 e. The van der Waals surface area contributed by atoms with Crippen LogP contribution in [0.25, 0.3) is 11.4 Å². The number of amides is 2. The number of hydrogen-bond donors (Lipinski definition) is 0. The summed E-state index contributed by atoms with van der Waals surface area (Å²) in [6.07, 6.45) is 0.0756.